The Hall–Kier alpha value is -1.02. The van der Waals surface area contributed by atoms with Gasteiger partial charge in [-0.3, -0.25) is 0 Å². The number of ether oxygens (including phenoxy) is 1. The molecule has 2 heteroatoms. The summed E-state index contributed by atoms with van der Waals surface area (Å²) in [6.07, 6.45) is 4.65. The molecule has 1 aromatic carbocycles. The predicted octanol–water partition coefficient (Wildman–Crippen LogP) is 3.53. The summed E-state index contributed by atoms with van der Waals surface area (Å²) < 4.78 is 6.08. The third kappa shape index (κ3) is 2.39. The summed E-state index contributed by atoms with van der Waals surface area (Å²) in [7, 11) is 0. The van der Waals surface area contributed by atoms with Crippen LogP contribution in [-0.4, -0.2) is 12.1 Å². The summed E-state index contributed by atoms with van der Waals surface area (Å²) in [6.45, 7) is 6.63. The molecule has 0 aromatic heterocycles. The highest BCUT2D eigenvalue weighted by Crippen LogP contribution is 2.44. The predicted molar refractivity (Wildman–Crippen MR) is 75.8 cm³/mol. The number of nitrogens with two attached hydrogens (primary N) is 1. The SMILES string of the molecule is CCCc1ccc(OC2CC(N)C2(C)CC)cc1. The van der Waals surface area contributed by atoms with Gasteiger partial charge in [0.2, 0.25) is 0 Å². The minimum Gasteiger partial charge on any atom is -0.490 e. The van der Waals surface area contributed by atoms with Crippen LogP contribution in [0.2, 0.25) is 0 Å². The van der Waals surface area contributed by atoms with Crippen molar-refractivity contribution in [3.05, 3.63) is 29.8 Å². The molecule has 3 atom stereocenters. The molecule has 2 N–H and O–H groups in total. The monoisotopic (exact) mass is 247 g/mol. The normalized spacial score (nSPS) is 30.9. The second-order valence-corrected chi connectivity index (χ2v) is 5.70. The van der Waals surface area contributed by atoms with Crippen molar-refractivity contribution in [1.82, 2.24) is 0 Å². The maximum absolute atomic E-state index is 6.10. The van der Waals surface area contributed by atoms with Gasteiger partial charge in [-0.2, -0.15) is 0 Å². The van der Waals surface area contributed by atoms with Crippen LogP contribution in [0.4, 0.5) is 0 Å². The van der Waals surface area contributed by atoms with Gasteiger partial charge in [0, 0.05) is 17.9 Å². The Balaban J connectivity index is 1.98. The van der Waals surface area contributed by atoms with E-state index in [4.69, 9.17) is 10.5 Å². The summed E-state index contributed by atoms with van der Waals surface area (Å²) in [6, 6.07) is 8.80. The smallest absolute Gasteiger partial charge is 0.119 e. The Morgan fingerprint density at radius 3 is 2.44 bits per heavy atom. The average Bonchev–Trinajstić information content (AvgIpc) is 2.40. The Morgan fingerprint density at radius 2 is 1.94 bits per heavy atom. The van der Waals surface area contributed by atoms with Gasteiger partial charge < -0.3 is 10.5 Å². The lowest BCUT2D eigenvalue weighted by atomic mass is 9.62. The molecule has 2 nitrogen and oxygen atoms in total. The van der Waals surface area contributed by atoms with E-state index in [1.807, 2.05) is 0 Å². The zero-order valence-corrected chi connectivity index (χ0v) is 11.8. The fourth-order valence-corrected chi connectivity index (χ4v) is 2.71. The van der Waals surface area contributed by atoms with Crippen molar-refractivity contribution < 1.29 is 4.74 Å². The highest BCUT2D eigenvalue weighted by atomic mass is 16.5. The fourth-order valence-electron chi connectivity index (χ4n) is 2.71. The number of rotatable bonds is 5. The van der Waals surface area contributed by atoms with Gasteiger partial charge in [-0.25, -0.2) is 0 Å². The quantitative estimate of drug-likeness (QED) is 0.864. The lowest BCUT2D eigenvalue weighted by molar-refractivity contribution is -0.0560. The van der Waals surface area contributed by atoms with E-state index in [2.05, 4.69) is 45.0 Å². The van der Waals surface area contributed by atoms with E-state index in [9.17, 15) is 0 Å². The Bertz CT molecular complexity index is 387. The molecular weight excluding hydrogens is 222 g/mol. The molecule has 18 heavy (non-hydrogen) atoms. The molecule has 1 saturated carbocycles. The minimum atomic E-state index is 0.141. The molecule has 3 unspecified atom stereocenters. The van der Waals surface area contributed by atoms with Crippen molar-refractivity contribution in [3.8, 4) is 5.75 Å². The first-order valence-corrected chi connectivity index (χ1v) is 7.11. The highest BCUT2D eigenvalue weighted by Gasteiger charge is 2.50. The van der Waals surface area contributed by atoms with E-state index in [1.165, 1.54) is 12.0 Å². The Morgan fingerprint density at radius 1 is 1.28 bits per heavy atom. The standard InChI is InChI=1S/C16H25NO/c1-4-6-12-7-9-13(10-8-12)18-15-11-14(17)16(15,3)5-2/h7-10,14-15H,4-6,11,17H2,1-3H3. The molecule has 0 radical (unpaired) electrons. The van der Waals surface area contributed by atoms with E-state index < -0.39 is 0 Å². The van der Waals surface area contributed by atoms with Crippen molar-refractivity contribution in [2.24, 2.45) is 11.1 Å². The van der Waals surface area contributed by atoms with E-state index in [0.717, 1.165) is 25.0 Å². The summed E-state index contributed by atoms with van der Waals surface area (Å²) in [5, 5.41) is 0. The summed E-state index contributed by atoms with van der Waals surface area (Å²) in [5.74, 6) is 0.978. The van der Waals surface area contributed by atoms with Gasteiger partial charge in [-0.15, -0.1) is 0 Å². The molecule has 1 aromatic rings. The third-order valence-corrected chi connectivity index (χ3v) is 4.55. The van der Waals surface area contributed by atoms with Gasteiger partial charge in [0.25, 0.3) is 0 Å². The van der Waals surface area contributed by atoms with Crippen LogP contribution in [0.3, 0.4) is 0 Å². The van der Waals surface area contributed by atoms with Gasteiger partial charge in [-0.05, 0) is 30.5 Å². The van der Waals surface area contributed by atoms with E-state index >= 15 is 0 Å². The molecule has 0 amide bonds. The Kier molecular flexibility index (Phi) is 3.96. The molecule has 0 bridgehead atoms. The van der Waals surface area contributed by atoms with Gasteiger partial charge in [0.1, 0.15) is 11.9 Å². The number of hydrogen-bond donors (Lipinski definition) is 1. The van der Waals surface area contributed by atoms with Gasteiger partial charge in [-0.1, -0.05) is 39.3 Å². The fraction of sp³-hybridized carbons (Fsp3) is 0.625. The molecule has 0 saturated heterocycles. The first kappa shape index (κ1) is 13.4. The first-order chi connectivity index (χ1) is 8.60. The van der Waals surface area contributed by atoms with Crippen molar-refractivity contribution in [2.45, 2.75) is 58.6 Å². The van der Waals surface area contributed by atoms with Crippen LogP contribution < -0.4 is 10.5 Å². The molecule has 2 rings (SSSR count). The molecule has 1 fully saturated rings. The third-order valence-electron chi connectivity index (χ3n) is 4.55. The van der Waals surface area contributed by atoms with Gasteiger partial charge in [0.15, 0.2) is 0 Å². The van der Waals surface area contributed by atoms with Crippen molar-refractivity contribution >= 4 is 0 Å². The topological polar surface area (TPSA) is 35.2 Å². The molecule has 1 aliphatic carbocycles. The summed E-state index contributed by atoms with van der Waals surface area (Å²) in [5.41, 5.74) is 7.62. The molecule has 1 aliphatic rings. The lowest BCUT2D eigenvalue weighted by Crippen LogP contribution is -2.61. The van der Waals surface area contributed by atoms with Crippen LogP contribution in [0.1, 0.15) is 45.6 Å². The van der Waals surface area contributed by atoms with Crippen LogP contribution in [0, 0.1) is 5.41 Å². The van der Waals surface area contributed by atoms with Crippen LogP contribution in [0.5, 0.6) is 5.75 Å². The molecule has 100 valence electrons. The minimum absolute atomic E-state index is 0.141. The number of aryl methyl sites for hydroxylation is 1. The Labute approximate surface area is 111 Å². The van der Waals surface area contributed by atoms with Crippen molar-refractivity contribution in [3.63, 3.8) is 0 Å². The van der Waals surface area contributed by atoms with E-state index in [1.54, 1.807) is 0 Å². The maximum atomic E-state index is 6.10. The molecule has 0 aliphatic heterocycles. The van der Waals surface area contributed by atoms with Crippen LogP contribution in [0.15, 0.2) is 24.3 Å². The van der Waals surface area contributed by atoms with Gasteiger partial charge in [0.05, 0.1) is 0 Å². The first-order valence-electron chi connectivity index (χ1n) is 7.11. The van der Waals surface area contributed by atoms with Crippen molar-refractivity contribution in [2.75, 3.05) is 0 Å². The van der Waals surface area contributed by atoms with Crippen LogP contribution in [0.25, 0.3) is 0 Å². The number of benzene rings is 1. The molecular formula is C16H25NO. The maximum Gasteiger partial charge on any atom is 0.119 e. The zero-order valence-electron chi connectivity index (χ0n) is 11.8. The largest absolute Gasteiger partial charge is 0.490 e. The molecule has 0 heterocycles. The molecule has 0 spiro atoms. The van der Waals surface area contributed by atoms with Gasteiger partial charge >= 0.3 is 0 Å². The van der Waals surface area contributed by atoms with E-state index in [-0.39, 0.29) is 17.6 Å². The zero-order chi connectivity index (χ0) is 13.2. The average molecular weight is 247 g/mol. The number of hydrogen-bond acceptors (Lipinski definition) is 2. The second kappa shape index (κ2) is 5.31. The summed E-state index contributed by atoms with van der Waals surface area (Å²) in [4.78, 5) is 0. The van der Waals surface area contributed by atoms with E-state index in [0.29, 0.717) is 0 Å². The second-order valence-electron chi connectivity index (χ2n) is 5.70. The van der Waals surface area contributed by atoms with Crippen molar-refractivity contribution in [1.29, 1.82) is 0 Å². The van der Waals surface area contributed by atoms with Crippen LogP contribution >= 0.6 is 0 Å². The summed E-state index contributed by atoms with van der Waals surface area (Å²) >= 11 is 0. The lowest BCUT2D eigenvalue weighted by Gasteiger charge is -2.51. The highest BCUT2D eigenvalue weighted by molar-refractivity contribution is 5.28. The van der Waals surface area contributed by atoms with Crippen LogP contribution in [-0.2, 0) is 6.42 Å².